The van der Waals surface area contributed by atoms with Crippen LogP contribution in [0.4, 0.5) is 5.69 Å². The Labute approximate surface area is 166 Å². The molecule has 0 N–H and O–H groups in total. The zero-order valence-electron chi connectivity index (χ0n) is 15.2. The highest BCUT2D eigenvalue weighted by Crippen LogP contribution is 2.37. The summed E-state index contributed by atoms with van der Waals surface area (Å²) >= 11 is 6.03. The summed E-state index contributed by atoms with van der Waals surface area (Å²) < 4.78 is 10.5. The summed E-state index contributed by atoms with van der Waals surface area (Å²) in [6, 6.07) is 10.5. The molecule has 2 aliphatic heterocycles. The van der Waals surface area contributed by atoms with Crippen molar-refractivity contribution < 1.29 is 19.1 Å². The quantitative estimate of drug-likeness (QED) is 0.720. The van der Waals surface area contributed by atoms with Crippen LogP contribution in [0.1, 0.15) is 5.56 Å². The second kappa shape index (κ2) is 7.12. The number of nitrogens with zero attached hydrogens (tertiary/aromatic N) is 4. The number of anilines is 1. The van der Waals surface area contributed by atoms with Crippen LogP contribution < -0.4 is 14.4 Å². The van der Waals surface area contributed by atoms with E-state index >= 15 is 0 Å². The number of amides is 2. The van der Waals surface area contributed by atoms with Crippen molar-refractivity contribution in [2.24, 2.45) is 10.3 Å². The highest BCUT2D eigenvalue weighted by molar-refractivity contribution is 6.30. The van der Waals surface area contributed by atoms with Gasteiger partial charge in [0, 0.05) is 11.1 Å². The maximum absolute atomic E-state index is 13.1. The highest BCUT2D eigenvalue weighted by Gasteiger charge is 2.54. The van der Waals surface area contributed by atoms with E-state index in [9.17, 15) is 9.59 Å². The molecule has 8 nitrogen and oxygen atoms in total. The van der Waals surface area contributed by atoms with Crippen LogP contribution in [-0.4, -0.2) is 43.1 Å². The van der Waals surface area contributed by atoms with Gasteiger partial charge in [-0.1, -0.05) is 29.0 Å². The first kappa shape index (κ1) is 18.2. The molecular weight excluding hydrogens is 384 g/mol. The van der Waals surface area contributed by atoms with Crippen LogP contribution in [-0.2, 0) is 16.1 Å². The minimum Gasteiger partial charge on any atom is -0.493 e. The minimum atomic E-state index is -0.861. The first-order chi connectivity index (χ1) is 13.5. The van der Waals surface area contributed by atoms with Crippen molar-refractivity contribution in [2.45, 2.75) is 18.6 Å². The Hall–Kier alpha value is -3.13. The second-order valence-electron chi connectivity index (χ2n) is 6.37. The molecule has 4 rings (SSSR count). The van der Waals surface area contributed by atoms with Crippen LogP contribution in [0, 0.1) is 0 Å². The van der Waals surface area contributed by atoms with Gasteiger partial charge in [0.05, 0.1) is 26.5 Å². The molecule has 2 aromatic carbocycles. The molecule has 1 fully saturated rings. The van der Waals surface area contributed by atoms with Gasteiger partial charge in [-0.05, 0) is 29.8 Å². The van der Waals surface area contributed by atoms with Gasteiger partial charge < -0.3 is 9.47 Å². The third kappa shape index (κ3) is 2.95. The summed E-state index contributed by atoms with van der Waals surface area (Å²) in [5.41, 5.74) is 1.27. The molecule has 2 atom stereocenters. The number of rotatable bonds is 5. The van der Waals surface area contributed by atoms with Gasteiger partial charge in [-0.15, -0.1) is 0 Å². The Morgan fingerprint density at radius 3 is 2.54 bits per heavy atom. The van der Waals surface area contributed by atoms with Crippen molar-refractivity contribution in [3.8, 4) is 11.5 Å². The molecule has 0 spiro atoms. The number of halogens is 1. The lowest BCUT2D eigenvalue weighted by Crippen LogP contribution is -2.39. The summed E-state index contributed by atoms with van der Waals surface area (Å²) in [4.78, 5) is 27.0. The van der Waals surface area contributed by atoms with E-state index in [0.717, 1.165) is 10.5 Å². The molecule has 0 aromatic heterocycles. The molecule has 2 amide bonds. The van der Waals surface area contributed by atoms with Crippen LogP contribution >= 0.6 is 11.6 Å². The van der Waals surface area contributed by atoms with Crippen LogP contribution in [0.25, 0.3) is 0 Å². The minimum absolute atomic E-state index is 0.323. The topological polar surface area (TPSA) is 83.8 Å². The number of ether oxygens (including phenoxy) is 2. The van der Waals surface area contributed by atoms with Gasteiger partial charge in [-0.3, -0.25) is 14.6 Å². The first-order valence-corrected chi connectivity index (χ1v) is 8.93. The fourth-order valence-corrected chi connectivity index (χ4v) is 3.61. The molecule has 144 valence electrons. The third-order valence-corrected chi connectivity index (χ3v) is 4.95. The fourth-order valence-electron chi connectivity index (χ4n) is 3.39. The number of hydrogen-bond donors (Lipinski definition) is 0. The van der Waals surface area contributed by atoms with E-state index in [2.05, 4.69) is 10.3 Å². The largest absolute Gasteiger partial charge is 0.493 e. The predicted molar refractivity (Wildman–Crippen MR) is 101 cm³/mol. The monoisotopic (exact) mass is 400 g/mol. The van der Waals surface area contributed by atoms with Crippen LogP contribution in [0.2, 0.25) is 5.02 Å². The van der Waals surface area contributed by atoms with Gasteiger partial charge >= 0.3 is 0 Å². The van der Waals surface area contributed by atoms with E-state index in [1.54, 1.807) is 30.3 Å². The lowest BCUT2D eigenvalue weighted by atomic mass is 10.1. The van der Waals surface area contributed by atoms with Crippen LogP contribution in [0.5, 0.6) is 11.5 Å². The van der Waals surface area contributed by atoms with Crippen LogP contribution in [0.15, 0.2) is 52.8 Å². The number of carbonyl (C=O) groups excluding carboxylic acids is 2. The number of imide groups is 1. The van der Waals surface area contributed by atoms with E-state index in [4.69, 9.17) is 21.1 Å². The summed E-state index contributed by atoms with van der Waals surface area (Å²) in [5.74, 6) is 0.136. The Balaban J connectivity index is 1.61. The molecule has 0 bridgehead atoms. The second-order valence-corrected chi connectivity index (χ2v) is 6.81. The molecule has 28 heavy (non-hydrogen) atoms. The lowest BCUT2D eigenvalue weighted by Gasteiger charge is -2.21. The maximum atomic E-state index is 13.1. The normalized spacial score (nSPS) is 20.7. The summed E-state index contributed by atoms with van der Waals surface area (Å²) in [5, 5.41) is 10.2. The smallest absolute Gasteiger partial charge is 0.263 e. The Morgan fingerprint density at radius 1 is 1.04 bits per heavy atom. The lowest BCUT2D eigenvalue weighted by molar-refractivity contribution is -0.123. The predicted octanol–water partition coefficient (Wildman–Crippen LogP) is 2.85. The molecule has 0 saturated carbocycles. The summed E-state index contributed by atoms with van der Waals surface area (Å²) in [6.07, 6.45) is 0. The number of benzene rings is 2. The maximum Gasteiger partial charge on any atom is 0.263 e. The molecule has 9 heteroatoms. The first-order valence-electron chi connectivity index (χ1n) is 8.55. The van der Waals surface area contributed by atoms with Crippen molar-refractivity contribution in [1.29, 1.82) is 0 Å². The third-order valence-electron chi connectivity index (χ3n) is 4.72. The molecule has 0 radical (unpaired) electrons. The molecule has 2 aliphatic rings. The zero-order chi connectivity index (χ0) is 19.8. The molecule has 0 unspecified atom stereocenters. The van der Waals surface area contributed by atoms with Gasteiger partial charge in [-0.25, -0.2) is 4.90 Å². The molecular formula is C19H17ClN4O4. The fraction of sp³-hybridized carbons (Fsp3) is 0.263. The van der Waals surface area contributed by atoms with Gasteiger partial charge in [0.1, 0.15) is 0 Å². The van der Waals surface area contributed by atoms with Gasteiger partial charge in [0.25, 0.3) is 11.8 Å². The molecule has 2 heterocycles. The molecule has 1 saturated heterocycles. The Bertz CT molecular complexity index is 980. The van der Waals surface area contributed by atoms with Crippen molar-refractivity contribution in [3.05, 3.63) is 53.1 Å². The van der Waals surface area contributed by atoms with Gasteiger partial charge in [0.2, 0.25) is 0 Å². The number of fused-ring (bicyclic) bond motifs is 1. The Morgan fingerprint density at radius 2 is 1.82 bits per heavy atom. The number of carbonyl (C=O) groups is 2. The zero-order valence-corrected chi connectivity index (χ0v) is 16.0. The van der Waals surface area contributed by atoms with Gasteiger partial charge in [-0.2, -0.15) is 5.11 Å². The van der Waals surface area contributed by atoms with Crippen molar-refractivity contribution in [1.82, 2.24) is 5.01 Å². The van der Waals surface area contributed by atoms with E-state index < -0.39 is 18.0 Å². The Kier molecular flexibility index (Phi) is 4.64. The summed E-state index contributed by atoms with van der Waals surface area (Å²) in [6.45, 7) is 0.323. The average Bonchev–Trinajstić information content (AvgIpc) is 3.21. The van der Waals surface area contributed by atoms with E-state index in [-0.39, 0.29) is 5.91 Å². The van der Waals surface area contributed by atoms with Gasteiger partial charge in [0.15, 0.2) is 23.6 Å². The number of hydrogen-bond acceptors (Lipinski definition) is 7. The molecule has 2 aromatic rings. The van der Waals surface area contributed by atoms with Crippen molar-refractivity contribution in [2.75, 3.05) is 19.1 Å². The standard InChI is InChI=1S/C19H17ClN4O4/c1-27-14-7-6-13(9-15(14)28-2)24-18(25)16-17(19(24)26)23(22-21-16)10-11-4-3-5-12(20)8-11/h3-9,16-17H,10H2,1-2H3/t16-,17+/m0/s1. The SMILES string of the molecule is COc1ccc(N2C(=O)[C@H]3N=NN(Cc4cccc(Cl)c4)[C@H]3C2=O)cc1OC. The summed E-state index contributed by atoms with van der Waals surface area (Å²) in [7, 11) is 3.01. The van der Waals surface area contributed by atoms with Crippen molar-refractivity contribution >= 4 is 29.1 Å². The van der Waals surface area contributed by atoms with E-state index in [1.165, 1.54) is 19.2 Å². The highest BCUT2D eigenvalue weighted by atomic mass is 35.5. The van der Waals surface area contributed by atoms with E-state index in [0.29, 0.717) is 28.8 Å². The molecule has 0 aliphatic carbocycles. The average molecular weight is 401 g/mol. The number of methoxy groups -OCH3 is 2. The van der Waals surface area contributed by atoms with Crippen LogP contribution in [0.3, 0.4) is 0 Å². The van der Waals surface area contributed by atoms with E-state index in [1.807, 2.05) is 12.1 Å². The van der Waals surface area contributed by atoms with Crippen molar-refractivity contribution in [3.63, 3.8) is 0 Å².